The topological polar surface area (TPSA) is 78.4 Å². The van der Waals surface area contributed by atoms with Crippen molar-refractivity contribution < 1.29 is 14.7 Å². The fourth-order valence-electron chi connectivity index (χ4n) is 2.45. The second-order valence-corrected chi connectivity index (χ2v) is 5.62. The number of carboxylic acid groups (broad SMARTS) is 1. The van der Waals surface area contributed by atoms with Gasteiger partial charge in [0, 0.05) is 6.04 Å². The molecule has 0 saturated heterocycles. The van der Waals surface area contributed by atoms with Crippen molar-refractivity contribution in [1.29, 1.82) is 0 Å². The molecule has 2 rings (SSSR count). The molecule has 0 bridgehead atoms. The Bertz CT molecular complexity index is 335. The van der Waals surface area contributed by atoms with Crippen LogP contribution in [0.2, 0.25) is 0 Å². The molecule has 5 nitrogen and oxygen atoms in total. The Kier molecular flexibility index (Phi) is 3.78. The number of carboxylic acids is 1. The number of carbonyl (C=O) groups is 2. The van der Waals surface area contributed by atoms with Gasteiger partial charge in [-0.05, 0) is 38.0 Å². The smallest absolute Gasteiger partial charge is 0.329 e. The van der Waals surface area contributed by atoms with Crippen LogP contribution in [0.25, 0.3) is 0 Å². The zero-order valence-electron chi connectivity index (χ0n) is 10.9. The van der Waals surface area contributed by atoms with E-state index in [1.165, 1.54) is 12.8 Å². The van der Waals surface area contributed by atoms with E-state index in [2.05, 4.69) is 10.6 Å². The van der Waals surface area contributed by atoms with Crippen molar-refractivity contribution in [3.8, 4) is 0 Å². The normalized spacial score (nSPS) is 22.7. The van der Waals surface area contributed by atoms with Crippen molar-refractivity contribution in [2.24, 2.45) is 5.92 Å². The first-order chi connectivity index (χ1) is 8.55. The van der Waals surface area contributed by atoms with Gasteiger partial charge in [-0.25, -0.2) is 9.59 Å². The molecule has 2 amide bonds. The Labute approximate surface area is 107 Å². The minimum Gasteiger partial charge on any atom is -0.480 e. The molecular weight excluding hydrogens is 232 g/mol. The number of hydrogen-bond donors (Lipinski definition) is 3. The molecule has 0 aromatic carbocycles. The van der Waals surface area contributed by atoms with Gasteiger partial charge in [0.15, 0.2) is 0 Å². The fraction of sp³-hybridized carbons (Fsp3) is 0.846. The first kappa shape index (κ1) is 13.2. The third-order valence-electron chi connectivity index (χ3n) is 4.11. The van der Waals surface area contributed by atoms with Crippen LogP contribution in [0.1, 0.15) is 51.9 Å². The van der Waals surface area contributed by atoms with Gasteiger partial charge >= 0.3 is 12.0 Å². The maximum Gasteiger partial charge on any atom is 0.329 e. The summed E-state index contributed by atoms with van der Waals surface area (Å²) >= 11 is 0. The van der Waals surface area contributed by atoms with Crippen molar-refractivity contribution in [3.63, 3.8) is 0 Å². The third kappa shape index (κ3) is 2.94. The molecule has 1 atom stereocenters. The monoisotopic (exact) mass is 254 g/mol. The molecule has 1 unspecified atom stereocenters. The summed E-state index contributed by atoms with van der Waals surface area (Å²) in [4.78, 5) is 23.0. The minimum atomic E-state index is -1.01. The van der Waals surface area contributed by atoms with Crippen molar-refractivity contribution >= 4 is 12.0 Å². The molecule has 3 N–H and O–H groups in total. The first-order valence-electron chi connectivity index (χ1n) is 6.88. The Morgan fingerprint density at radius 2 is 2.06 bits per heavy atom. The summed E-state index contributed by atoms with van der Waals surface area (Å²) in [6.45, 7) is 2.05. The second kappa shape index (κ2) is 5.16. The standard InChI is InChI=1S/C13H22N2O3/c1-2-10(8-9-4-5-9)14-12(18)15-13(11(16)17)6-3-7-13/h9-10H,2-8H2,1H3,(H,16,17)(H2,14,15,18). The van der Waals surface area contributed by atoms with Crippen LogP contribution in [0.3, 0.4) is 0 Å². The lowest BCUT2D eigenvalue weighted by Crippen LogP contribution is -2.62. The fourth-order valence-corrected chi connectivity index (χ4v) is 2.45. The molecule has 0 aromatic heterocycles. The summed E-state index contributed by atoms with van der Waals surface area (Å²) in [6.07, 6.45) is 6.38. The number of amides is 2. The lowest BCUT2D eigenvalue weighted by Gasteiger charge is -2.38. The summed E-state index contributed by atoms with van der Waals surface area (Å²) in [5.74, 6) is -0.161. The van der Waals surface area contributed by atoms with Gasteiger partial charge in [-0.1, -0.05) is 19.8 Å². The quantitative estimate of drug-likeness (QED) is 0.677. The second-order valence-electron chi connectivity index (χ2n) is 5.62. The minimum absolute atomic E-state index is 0.170. The molecule has 0 aliphatic heterocycles. The molecule has 2 saturated carbocycles. The Morgan fingerprint density at radius 1 is 1.39 bits per heavy atom. The van der Waals surface area contributed by atoms with E-state index in [4.69, 9.17) is 5.11 Å². The van der Waals surface area contributed by atoms with E-state index in [1.54, 1.807) is 0 Å². The summed E-state index contributed by atoms with van der Waals surface area (Å²) < 4.78 is 0. The highest BCUT2D eigenvalue weighted by Crippen LogP contribution is 2.34. The van der Waals surface area contributed by atoms with Crippen molar-refractivity contribution in [1.82, 2.24) is 10.6 Å². The molecule has 5 heteroatoms. The highest BCUT2D eigenvalue weighted by atomic mass is 16.4. The van der Waals surface area contributed by atoms with Crippen LogP contribution in [0.4, 0.5) is 4.79 Å². The number of hydrogen-bond acceptors (Lipinski definition) is 2. The summed E-state index contributed by atoms with van der Waals surface area (Å²) in [5, 5.41) is 14.7. The maximum absolute atomic E-state index is 11.8. The Morgan fingerprint density at radius 3 is 2.44 bits per heavy atom. The molecule has 2 aliphatic carbocycles. The van der Waals surface area contributed by atoms with Crippen LogP contribution in [-0.2, 0) is 4.79 Å². The van der Waals surface area contributed by atoms with Gasteiger partial charge in [-0.3, -0.25) is 0 Å². The molecule has 18 heavy (non-hydrogen) atoms. The van der Waals surface area contributed by atoms with Gasteiger partial charge in [-0.15, -0.1) is 0 Å². The van der Waals surface area contributed by atoms with E-state index in [0.717, 1.165) is 25.2 Å². The molecule has 0 heterocycles. The van der Waals surface area contributed by atoms with Gasteiger partial charge in [0.05, 0.1) is 0 Å². The predicted octanol–water partition coefficient (Wildman–Crippen LogP) is 1.87. The largest absolute Gasteiger partial charge is 0.480 e. The summed E-state index contributed by atoms with van der Waals surface area (Å²) in [6, 6.07) is -0.159. The average Bonchev–Trinajstić information content (AvgIpc) is 3.05. The summed E-state index contributed by atoms with van der Waals surface area (Å²) in [5.41, 5.74) is -1.01. The molecule has 0 spiro atoms. The highest BCUT2D eigenvalue weighted by molar-refractivity contribution is 5.87. The maximum atomic E-state index is 11.8. The Balaban J connectivity index is 1.81. The number of aliphatic carboxylic acids is 1. The summed E-state index contributed by atoms with van der Waals surface area (Å²) in [7, 11) is 0. The first-order valence-corrected chi connectivity index (χ1v) is 6.88. The number of nitrogens with one attached hydrogen (secondary N) is 2. The third-order valence-corrected chi connectivity index (χ3v) is 4.11. The van der Waals surface area contributed by atoms with E-state index in [9.17, 15) is 9.59 Å². The predicted molar refractivity (Wildman–Crippen MR) is 67.3 cm³/mol. The molecule has 0 aromatic rings. The van der Waals surface area contributed by atoms with Crippen LogP contribution in [-0.4, -0.2) is 28.7 Å². The van der Waals surface area contributed by atoms with Crippen LogP contribution in [0.15, 0.2) is 0 Å². The van der Waals surface area contributed by atoms with E-state index in [1.807, 2.05) is 6.92 Å². The van der Waals surface area contributed by atoms with Gasteiger partial charge in [0.25, 0.3) is 0 Å². The molecule has 2 aliphatic rings. The number of rotatable bonds is 6. The van der Waals surface area contributed by atoms with Crippen molar-refractivity contribution in [2.75, 3.05) is 0 Å². The van der Waals surface area contributed by atoms with Crippen LogP contribution >= 0.6 is 0 Å². The zero-order valence-corrected chi connectivity index (χ0v) is 10.9. The number of urea groups is 1. The van der Waals surface area contributed by atoms with Crippen LogP contribution in [0.5, 0.6) is 0 Å². The van der Waals surface area contributed by atoms with Crippen molar-refractivity contribution in [3.05, 3.63) is 0 Å². The van der Waals surface area contributed by atoms with Crippen LogP contribution < -0.4 is 10.6 Å². The van der Waals surface area contributed by atoms with Gasteiger partial charge in [0.1, 0.15) is 5.54 Å². The molecule has 102 valence electrons. The molecule has 0 radical (unpaired) electrons. The lowest BCUT2D eigenvalue weighted by atomic mass is 9.77. The van der Waals surface area contributed by atoms with Gasteiger partial charge < -0.3 is 15.7 Å². The molecular formula is C13H22N2O3. The van der Waals surface area contributed by atoms with Gasteiger partial charge in [0.2, 0.25) is 0 Å². The van der Waals surface area contributed by atoms with Gasteiger partial charge in [-0.2, -0.15) is 0 Å². The Hall–Kier alpha value is -1.26. The highest BCUT2D eigenvalue weighted by Gasteiger charge is 2.45. The van der Waals surface area contributed by atoms with E-state index < -0.39 is 11.5 Å². The SMILES string of the molecule is CCC(CC1CC1)NC(=O)NC1(C(=O)O)CCC1. The van der Waals surface area contributed by atoms with E-state index in [0.29, 0.717) is 12.8 Å². The van der Waals surface area contributed by atoms with Crippen LogP contribution in [0, 0.1) is 5.92 Å². The van der Waals surface area contributed by atoms with Crippen molar-refractivity contribution in [2.45, 2.75) is 63.5 Å². The van der Waals surface area contributed by atoms with E-state index >= 15 is 0 Å². The average molecular weight is 254 g/mol. The lowest BCUT2D eigenvalue weighted by molar-refractivity contribution is -0.148. The number of carbonyl (C=O) groups excluding carboxylic acids is 1. The van der Waals surface area contributed by atoms with E-state index in [-0.39, 0.29) is 12.1 Å². The zero-order chi connectivity index (χ0) is 13.2. The molecule has 2 fully saturated rings.